The number of ether oxygens (including phenoxy) is 1. The number of rotatable bonds is 6. The number of hydrogen-bond donors (Lipinski definition) is 0. The van der Waals surface area contributed by atoms with Crippen molar-refractivity contribution < 1.29 is 14.3 Å². The summed E-state index contributed by atoms with van der Waals surface area (Å²) in [5.74, 6) is -0.425. The number of carbonyl (C=O) groups excluding carboxylic acids is 2. The standard InChI is InChI=1S/C22H17ClO3/c23-20(24)15-16-11-13-19(14-12-16)22(25)26-21(17-7-3-1-4-8-17)18-9-5-2-6-10-18/h1-14,21H,15H2. The van der Waals surface area contributed by atoms with Crippen molar-refractivity contribution >= 4 is 22.8 Å². The van der Waals surface area contributed by atoms with Gasteiger partial charge in [-0.05, 0) is 40.4 Å². The topological polar surface area (TPSA) is 43.4 Å². The lowest BCUT2D eigenvalue weighted by Gasteiger charge is -2.19. The van der Waals surface area contributed by atoms with E-state index in [-0.39, 0.29) is 6.42 Å². The highest BCUT2D eigenvalue weighted by Crippen LogP contribution is 2.27. The first-order chi connectivity index (χ1) is 12.6. The van der Waals surface area contributed by atoms with Gasteiger partial charge in [-0.15, -0.1) is 0 Å². The second-order valence-corrected chi connectivity index (χ2v) is 6.26. The highest BCUT2D eigenvalue weighted by atomic mass is 35.5. The van der Waals surface area contributed by atoms with Crippen molar-refractivity contribution in [1.82, 2.24) is 0 Å². The highest BCUT2D eigenvalue weighted by Gasteiger charge is 2.19. The van der Waals surface area contributed by atoms with Gasteiger partial charge in [-0.3, -0.25) is 4.79 Å². The molecule has 0 fully saturated rings. The Morgan fingerprint density at radius 2 is 1.27 bits per heavy atom. The van der Waals surface area contributed by atoms with Crippen LogP contribution in [0.15, 0.2) is 84.9 Å². The molecule has 0 radical (unpaired) electrons. The molecular weight excluding hydrogens is 348 g/mol. The van der Waals surface area contributed by atoms with Crippen LogP contribution in [-0.2, 0) is 16.0 Å². The van der Waals surface area contributed by atoms with Gasteiger partial charge in [-0.25, -0.2) is 4.79 Å². The quantitative estimate of drug-likeness (QED) is 0.459. The van der Waals surface area contributed by atoms with Crippen LogP contribution in [0.4, 0.5) is 0 Å². The Morgan fingerprint density at radius 3 is 1.73 bits per heavy atom. The maximum Gasteiger partial charge on any atom is 0.339 e. The zero-order chi connectivity index (χ0) is 18.4. The van der Waals surface area contributed by atoms with Crippen LogP contribution in [0.2, 0.25) is 0 Å². The highest BCUT2D eigenvalue weighted by molar-refractivity contribution is 6.63. The zero-order valence-electron chi connectivity index (χ0n) is 14.0. The van der Waals surface area contributed by atoms with Crippen LogP contribution in [0.25, 0.3) is 0 Å². The summed E-state index contributed by atoms with van der Waals surface area (Å²) >= 11 is 5.39. The van der Waals surface area contributed by atoms with Crippen molar-refractivity contribution in [3.63, 3.8) is 0 Å². The van der Waals surface area contributed by atoms with Gasteiger partial charge in [0, 0.05) is 6.42 Å². The van der Waals surface area contributed by atoms with Gasteiger partial charge in [0.2, 0.25) is 5.24 Å². The summed E-state index contributed by atoms with van der Waals surface area (Å²) < 4.78 is 5.80. The van der Waals surface area contributed by atoms with Crippen LogP contribution in [0.3, 0.4) is 0 Å². The van der Waals surface area contributed by atoms with E-state index in [2.05, 4.69) is 0 Å². The molecular formula is C22H17ClO3. The Balaban J connectivity index is 1.83. The monoisotopic (exact) mass is 364 g/mol. The van der Waals surface area contributed by atoms with E-state index in [1.165, 1.54) is 0 Å². The SMILES string of the molecule is O=C(Cl)Cc1ccc(C(=O)OC(c2ccccc2)c2ccccc2)cc1. The van der Waals surface area contributed by atoms with Crippen molar-refractivity contribution in [3.05, 3.63) is 107 Å². The average molecular weight is 365 g/mol. The second-order valence-electron chi connectivity index (χ2n) is 5.84. The minimum atomic E-state index is -0.492. The summed E-state index contributed by atoms with van der Waals surface area (Å²) in [6.45, 7) is 0. The van der Waals surface area contributed by atoms with Crippen molar-refractivity contribution in [3.8, 4) is 0 Å². The van der Waals surface area contributed by atoms with Crippen molar-refractivity contribution in [1.29, 1.82) is 0 Å². The molecule has 0 heterocycles. The molecule has 0 bridgehead atoms. The maximum absolute atomic E-state index is 12.6. The van der Waals surface area contributed by atoms with E-state index in [9.17, 15) is 9.59 Å². The van der Waals surface area contributed by atoms with Crippen LogP contribution in [0.5, 0.6) is 0 Å². The number of hydrogen-bond acceptors (Lipinski definition) is 3. The molecule has 3 nitrogen and oxygen atoms in total. The van der Waals surface area contributed by atoms with Gasteiger partial charge in [-0.2, -0.15) is 0 Å². The first-order valence-corrected chi connectivity index (χ1v) is 8.59. The molecule has 0 aromatic heterocycles. The van der Waals surface area contributed by atoms with E-state index >= 15 is 0 Å². The predicted molar refractivity (Wildman–Crippen MR) is 101 cm³/mol. The molecule has 0 saturated carbocycles. The molecule has 3 rings (SSSR count). The second kappa shape index (κ2) is 8.45. The van der Waals surface area contributed by atoms with E-state index in [0.29, 0.717) is 5.56 Å². The summed E-state index contributed by atoms with van der Waals surface area (Å²) in [6.07, 6.45) is -0.359. The van der Waals surface area contributed by atoms with Gasteiger partial charge in [0.25, 0.3) is 0 Å². The molecule has 0 aliphatic rings. The minimum absolute atomic E-state index is 0.132. The maximum atomic E-state index is 12.6. The first-order valence-electron chi connectivity index (χ1n) is 8.21. The Bertz CT molecular complexity index is 835. The summed E-state index contributed by atoms with van der Waals surface area (Å²) in [4.78, 5) is 23.6. The number of esters is 1. The van der Waals surface area contributed by atoms with Crippen molar-refractivity contribution in [2.45, 2.75) is 12.5 Å². The molecule has 130 valence electrons. The zero-order valence-corrected chi connectivity index (χ0v) is 14.7. The molecule has 0 saturated heterocycles. The van der Waals surface area contributed by atoms with Crippen LogP contribution in [0.1, 0.15) is 33.2 Å². The van der Waals surface area contributed by atoms with Gasteiger partial charge >= 0.3 is 5.97 Å². The summed E-state index contributed by atoms with van der Waals surface area (Å²) in [5, 5.41) is -0.437. The van der Waals surface area contributed by atoms with Gasteiger partial charge in [0.1, 0.15) is 0 Å². The molecule has 4 heteroatoms. The molecule has 3 aromatic carbocycles. The number of benzene rings is 3. The Labute approximate surface area is 157 Å². The summed E-state index contributed by atoms with van der Waals surface area (Å²) in [6, 6.07) is 25.9. The van der Waals surface area contributed by atoms with Crippen molar-refractivity contribution in [2.75, 3.05) is 0 Å². The van der Waals surface area contributed by atoms with Gasteiger partial charge in [0.15, 0.2) is 6.10 Å². The van der Waals surface area contributed by atoms with E-state index in [0.717, 1.165) is 16.7 Å². The Morgan fingerprint density at radius 1 is 0.769 bits per heavy atom. The minimum Gasteiger partial charge on any atom is -0.449 e. The summed E-state index contributed by atoms with van der Waals surface area (Å²) in [5.41, 5.74) is 2.98. The van der Waals surface area contributed by atoms with E-state index in [1.807, 2.05) is 60.7 Å². The molecule has 3 aromatic rings. The van der Waals surface area contributed by atoms with Crippen LogP contribution >= 0.6 is 11.6 Å². The molecule has 0 N–H and O–H groups in total. The summed E-state index contributed by atoms with van der Waals surface area (Å²) in [7, 11) is 0. The molecule has 26 heavy (non-hydrogen) atoms. The van der Waals surface area contributed by atoms with E-state index < -0.39 is 17.3 Å². The largest absolute Gasteiger partial charge is 0.449 e. The Hall–Kier alpha value is -2.91. The molecule has 0 amide bonds. The lowest BCUT2D eigenvalue weighted by atomic mass is 10.0. The first kappa shape index (κ1) is 17.9. The third-order valence-corrected chi connectivity index (χ3v) is 4.10. The van der Waals surface area contributed by atoms with Gasteiger partial charge in [0.05, 0.1) is 5.56 Å². The number of halogens is 1. The van der Waals surface area contributed by atoms with E-state index in [4.69, 9.17) is 16.3 Å². The lowest BCUT2D eigenvalue weighted by molar-refractivity contribution is -0.111. The smallest absolute Gasteiger partial charge is 0.339 e. The third-order valence-electron chi connectivity index (χ3n) is 3.96. The van der Waals surface area contributed by atoms with Gasteiger partial charge in [-0.1, -0.05) is 72.8 Å². The van der Waals surface area contributed by atoms with Crippen LogP contribution in [-0.4, -0.2) is 11.2 Å². The molecule has 0 unspecified atom stereocenters. The fourth-order valence-electron chi connectivity index (χ4n) is 2.68. The fraction of sp³-hybridized carbons (Fsp3) is 0.0909. The van der Waals surface area contributed by atoms with Crippen molar-refractivity contribution in [2.24, 2.45) is 0 Å². The Kier molecular flexibility index (Phi) is 5.82. The average Bonchev–Trinajstić information content (AvgIpc) is 2.67. The van der Waals surface area contributed by atoms with Crippen LogP contribution < -0.4 is 0 Å². The lowest BCUT2D eigenvalue weighted by Crippen LogP contribution is -2.13. The molecule has 0 aliphatic heterocycles. The third kappa shape index (κ3) is 4.58. The van der Waals surface area contributed by atoms with E-state index in [1.54, 1.807) is 24.3 Å². The fourth-order valence-corrected chi connectivity index (χ4v) is 2.83. The predicted octanol–water partition coefficient (Wildman–Crippen LogP) is 4.94. The molecule has 0 spiro atoms. The number of carbonyl (C=O) groups is 2. The normalized spacial score (nSPS) is 10.5. The molecule has 0 aliphatic carbocycles. The van der Waals surface area contributed by atoms with Crippen LogP contribution in [0, 0.1) is 0 Å². The molecule has 0 atom stereocenters. The van der Waals surface area contributed by atoms with Gasteiger partial charge < -0.3 is 4.74 Å².